The Hall–Kier alpha value is -1.11. The fourth-order valence-electron chi connectivity index (χ4n) is 3.16. The molecule has 0 amide bonds. The predicted molar refractivity (Wildman–Crippen MR) is 83.7 cm³/mol. The number of piperidine rings is 1. The Bertz CT molecular complexity index is 460. The van der Waals surface area contributed by atoms with Gasteiger partial charge in [0.25, 0.3) is 0 Å². The highest BCUT2D eigenvalue weighted by atomic mass is 35.5. The van der Waals surface area contributed by atoms with Gasteiger partial charge in [0.1, 0.15) is 11.0 Å². The average molecular weight is 312 g/mol. The van der Waals surface area contributed by atoms with E-state index in [2.05, 4.69) is 19.8 Å². The summed E-state index contributed by atoms with van der Waals surface area (Å²) in [6, 6.07) is 1.80. The van der Waals surface area contributed by atoms with E-state index in [1.165, 1.54) is 12.8 Å². The van der Waals surface area contributed by atoms with Crippen molar-refractivity contribution in [3.05, 3.63) is 11.2 Å². The molecule has 6 nitrogen and oxygen atoms in total. The zero-order valence-electron chi connectivity index (χ0n) is 12.2. The Morgan fingerprint density at radius 1 is 1.29 bits per heavy atom. The van der Waals surface area contributed by atoms with Gasteiger partial charge in [-0.2, -0.15) is 4.98 Å². The molecule has 3 heterocycles. The highest BCUT2D eigenvalue weighted by Gasteiger charge is 2.24. The van der Waals surface area contributed by atoms with Crippen LogP contribution in [0.2, 0.25) is 5.15 Å². The minimum atomic E-state index is 0.243. The van der Waals surface area contributed by atoms with E-state index < -0.39 is 0 Å². The maximum Gasteiger partial charge on any atom is 0.223 e. The molecule has 0 aromatic carbocycles. The standard InChI is InChI=1S/C14H22ClN5O/c15-12-8-13(18-14(16)17-12)20-3-1-2-11(10-20)9-19-4-6-21-7-5-19/h8,11H,1-7,9-10H2,(H2,16,17,18). The molecule has 0 radical (unpaired) electrons. The lowest BCUT2D eigenvalue weighted by Crippen LogP contribution is -2.44. The van der Waals surface area contributed by atoms with Crippen molar-refractivity contribution in [3.63, 3.8) is 0 Å². The molecule has 2 aliphatic heterocycles. The lowest BCUT2D eigenvalue weighted by Gasteiger charge is -2.37. The second-order valence-electron chi connectivity index (χ2n) is 5.77. The molecule has 0 saturated carbocycles. The number of nitrogen functional groups attached to an aromatic ring is 1. The molecule has 1 atom stereocenters. The van der Waals surface area contributed by atoms with E-state index in [1.54, 1.807) is 6.07 Å². The lowest BCUT2D eigenvalue weighted by molar-refractivity contribution is 0.0296. The second-order valence-corrected chi connectivity index (χ2v) is 6.16. The van der Waals surface area contributed by atoms with Crippen LogP contribution in [0.3, 0.4) is 0 Å². The van der Waals surface area contributed by atoms with Crippen molar-refractivity contribution in [1.29, 1.82) is 0 Å². The number of rotatable bonds is 3. The van der Waals surface area contributed by atoms with Crippen molar-refractivity contribution in [2.45, 2.75) is 12.8 Å². The summed E-state index contributed by atoms with van der Waals surface area (Å²) in [6.07, 6.45) is 2.44. The molecule has 7 heteroatoms. The fraction of sp³-hybridized carbons (Fsp3) is 0.714. The summed E-state index contributed by atoms with van der Waals surface area (Å²) in [5, 5.41) is 0.410. The molecule has 2 saturated heterocycles. The van der Waals surface area contributed by atoms with Crippen molar-refractivity contribution >= 4 is 23.4 Å². The normalized spacial score (nSPS) is 24.2. The number of ether oxygens (including phenoxy) is 1. The molecule has 116 valence electrons. The van der Waals surface area contributed by atoms with E-state index in [0.717, 1.165) is 51.8 Å². The molecule has 0 aliphatic carbocycles. The summed E-state index contributed by atoms with van der Waals surface area (Å²) in [6.45, 7) is 6.94. The number of nitrogens with zero attached hydrogens (tertiary/aromatic N) is 4. The zero-order valence-corrected chi connectivity index (χ0v) is 12.9. The summed E-state index contributed by atoms with van der Waals surface area (Å²) in [5.74, 6) is 1.75. The van der Waals surface area contributed by atoms with Gasteiger partial charge in [-0.25, -0.2) is 4.98 Å². The first-order valence-corrected chi connectivity index (χ1v) is 7.93. The number of anilines is 2. The highest BCUT2D eigenvalue weighted by Crippen LogP contribution is 2.24. The summed E-state index contributed by atoms with van der Waals surface area (Å²) < 4.78 is 5.41. The van der Waals surface area contributed by atoms with Crippen molar-refractivity contribution < 1.29 is 4.74 Å². The molecule has 1 unspecified atom stereocenters. The van der Waals surface area contributed by atoms with Gasteiger partial charge < -0.3 is 15.4 Å². The topological polar surface area (TPSA) is 67.5 Å². The van der Waals surface area contributed by atoms with Gasteiger partial charge in [-0.15, -0.1) is 0 Å². The monoisotopic (exact) mass is 311 g/mol. The van der Waals surface area contributed by atoms with Crippen LogP contribution in [0.5, 0.6) is 0 Å². The largest absolute Gasteiger partial charge is 0.379 e. The molecular weight excluding hydrogens is 290 g/mol. The minimum absolute atomic E-state index is 0.243. The van der Waals surface area contributed by atoms with E-state index in [-0.39, 0.29) is 5.95 Å². The zero-order chi connectivity index (χ0) is 14.7. The number of morpholine rings is 1. The molecule has 0 bridgehead atoms. The Kier molecular flexibility index (Phi) is 4.77. The number of aromatic nitrogens is 2. The first kappa shape index (κ1) is 14.8. The molecule has 2 fully saturated rings. The molecule has 2 N–H and O–H groups in total. The lowest BCUT2D eigenvalue weighted by atomic mass is 9.97. The van der Waals surface area contributed by atoms with Gasteiger partial charge in [0, 0.05) is 38.8 Å². The van der Waals surface area contributed by atoms with Gasteiger partial charge in [-0.1, -0.05) is 11.6 Å². The molecule has 0 spiro atoms. The molecule has 1 aromatic rings. The third kappa shape index (κ3) is 3.96. The molecule has 3 rings (SSSR count). The first-order chi connectivity index (χ1) is 10.2. The van der Waals surface area contributed by atoms with Crippen LogP contribution in [0.15, 0.2) is 6.07 Å². The van der Waals surface area contributed by atoms with Crippen LogP contribution in [0.25, 0.3) is 0 Å². The molecule has 21 heavy (non-hydrogen) atoms. The highest BCUT2D eigenvalue weighted by molar-refractivity contribution is 6.29. The maximum absolute atomic E-state index is 5.98. The van der Waals surface area contributed by atoms with E-state index in [4.69, 9.17) is 22.1 Å². The van der Waals surface area contributed by atoms with Crippen LogP contribution < -0.4 is 10.6 Å². The van der Waals surface area contributed by atoms with Gasteiger partial charge >= 0.3 is 0 Å². The van der Waals surface area contributed by atoms with E-state index in [9.17, 15) is 0 Å². The summed E-state index contributed by atoms with van der Waals surface area (Å²) in [5.41, 5.74) is 5.69. The van der Waals surface area contributed by atoms with Crippen molar-refractivity contribution in [3.8, 4) is 0 Å². The van der Waals surface area contributed by atoms with Gasteiger partial charge in [-0.3, -0.25) is 4.90 Å². The third-order valence-corrected chi connectivity index (χ3v) is 4.36. The Balaban J connectivity index is 1.62. The third-order valence-electron chi connectivity index (χ3n) is 4.16. The maximum atomic E-state index is 5.98. The fourth-order valence-corrected chi connectivity index (χ4v) is 3.34. The number of hydrogen-bond donors (Lipinski definition) is 1. The van der Waals surface area contributed by atoms with Gasteiger partial charge in [0.2, 0.25) is 5.95 Å². The molecule has 1 aromatic heterocycles. The van der Waals surface area contributed by atoms with Crippen LogP contribution in [0, 0.1) is 5.92 Å². The first-order valence-electron chi connectivity index (χ1n) is 7.56. The Morgan fingerprint density at radius 3 is 2.86 bits per heavy atom. The number of hydrogen-bond acceptors (Lipinski definition) is 6. The SMILES string of the molecule is Nc1nc(Cl)cc(N2CCCC(CN3CCOCC3)C2)n1. The van der Waals surface area contributed by atoms with Crippen LogP contribution in [0.1, 0.15) is 12.8 Å². The Morgan fingerprint density at radius 2 is 2.10 bits per heavy atom. The van der Waals surface area contributed by atoms with E-state index >= 15 is 0 Å². The predicted octanol–water partition coefficient (Wildman–Crippen LogP) is 1.26. The molecule has 2 aliphatic rings. The van der Waals surface area contributed by atoms with Crippen LogP contribution in [0.4, 0.5) is 11.8 Å². The quantitative estimate of drug-likeness (QED) is 0.848. The summed E-state index contributed by atoms with van der Waals surface area (Å²) in [7, 11) is 0. The van der Waals surface area contributed by atoms with Crippen molar-refractivity contribution in [2.24, 2.45) is 5.92 Å². The van der Waals surface area contributed by atoms with Gasteiger partial charge in [-0.05, 0) is 18.8 Å². The average Bonchev–Trinajstić information content (AvgIpc) is 2.47. The van der Waals surface area contributed by atoms with Crippen molar-refractivity contribution in [2.75, 3.05) is 56.6 Å². The number of nitrogens with two attached hydrogens (primary N) is 1. The Labute approximate surface area is 130 Å². The molecular formula is C14H22ClN5O. The minimum Gasteiger partial charge on any atom is -0.379 e. The van der Waals surface area contributed by atoms with Gasteiger partial charge in [0.15, 0.2) is 0 Å². The van der Waals surface area contributed by atoms with E-state index in [0.29, 0.717) is 11.1 Å². The number of halogens is 1. The summed E-state index contributed by atoms with van der Waals surface area (Å²) >= 11 is 5.98. The van der Waals surface area contributed by atoms with E-state index in [1.807, 2.05) is 0 Å². The second kappa shape index (κ2) is 6.77. The van der Waals surface area contributed by atoms with Gasteiger partial charge in [0.05, 0.1) is 13.2 Å². The van der Waals surface area contributed by atoms with Crippen LogP contribution in [-0.2, 0) is 4.74 Å². The smallest absolute Gasteiger partial charge is 0.223 e. The summed E-state index contributed by atoms with van der Waals surface area (Å²) in [4.78, 5) is 13.0. The van der Waals surface area contributed by atoms with Crippen molar-refractivity contribution in [1.82, 2.24) is 14.9 Å². The van der Waals surface area contributed by atoms with Crippen LogP contribution >= 0.6 is 11.6 Å². The van der Waals surface area contributed by atoms with Crippen LogP contribution in [-0.4, -0.2) is 60.8 Å².